The van der Waals surface area contributed by atoms with Gasteiger partial charge in [-0.05, 0) is 13.8 Å². The number of aliphatic hydroxyl groups is 1. The van der Waals surface area contributed by atoms with Gasteiger partial charge in [-0.3, -0.25) is 4.79 Å². The van der Waals surface area contributed by atoms with Crippen molar-refractivity contribution in [1.29, 1.82) is 0 Å². The second-order valence-electron chi connectivity index (χ2n) is 3.96. The molecule has 1 aliphatic heterocycles. The fourth-order valence-corrected chi connectivity index (χ4v) is 2.07. The van der Waals surface area contributed by atoms with Crippen LogP contribution in [0.15, 0.2) is 0 Å². The first-order valence-corrected chi connectivity index (χ1v) is 4.51. The van der Waals surface area contributed by atoms with Crippen LogP contribution in [0, 0.1) is 0 Å². The molecule has 4 nitrogen and oxygen atoms in total. The monoisotopic (exact) mass is 188 g/mol. The van der Waals surface area contributed by atoms with Crippen molar-refractivity contribution in [2.24, 2.45) is 0 Å². The van der Waals surface area contributed by atoms with Gasteiger partial charge in [0.2, 0.25) is 0 Å². The number of carbonyl (C=O) groups is 1. The van der Waals surface area contributed by atoms with Crippen LogP contribution in [0.3, 0.4) is 0 Å². The molecule has 13 heavy (non-hydrogen) atoms. The standard InChI is InChI=1S/C9H16O4/c1-6-3-9(12,5-8(10)11)4-7(2)13-6/h6-7,12H,3-5H2,1-2H3,(H,10,11). The minimum atomic E-state index is -1.08. The first-order chi connectivity index (χ1) is 5.91. The number of aliphatic carboxylic acids is 1. The summed E-state index contributed by atoms with van der Waals surface area (Å²) in [5.41, 5.74) is -1.08. The predicted molar refractivity (Wildman–Crippen MR) is 46.4 cm³/mol. The van der Waals surface area contributed by atoms with Crippen LogP contribution >= 0.6 is 0 Å². The van der Waals surface area contributed by atoms with Crippen LogP contribution in [0.2, 0.25) is 0 Å². The van der Waals surface area contributed by atoms with Gasteiger partial charge in [0.15, 0.2) is 0 Å². The Kier molecular flexibility index (Phi) is 2.93. The fourth-order valence-electron chi connectivity index (χ4n) is 2.07. The van der Waals surface area contributed by atoms with Crippen molar-refractivity contribution >= 4 is 5.97 Å². The van der Waals surface area contributed by atoms with Crippen LogP contribution < -0.4 is 0 Å². The maximum absolute atomic E-state index is 10.5. The Bertz CT molecular complexity index is 192. The van der Waals surface area contributed by atoms with E-state index in [0.29, 0.717) is 12.8 Å². The number of ether oxygens (including phenoxy) is 1. The van der Waals surface area contributed by atoms with Gasteiger partial charge in [0.1, 0.15) is 0 Å². The molecule has 4 heteroatoms. The fraction of sp³-hybridized carbons (Fsp3) is 0.889. The topological polar surface area (TPSA) is 66.8 Å². The lowest BCUT2D eigenvalue weighted by atomic mass is 9.85. The van der Waals surface area contributed by atoms with Crippen LogP contribution in [-0.4, -0.2) is 34.0 Å². The Morgan fingerprint density at radius 2 is 1.92 bits per heavy atom. The molecular weight excluding hydrogens is 172 g/mol. The lowest BCUT2D eigenvalue weighted by Crippen LogP contribution is -2.44. The molecule has 2 atom stereocenters. The Labute approximate surface area is 77.5 Å². The molecule has 2 unspecified atom stereocenters. The van der Waals surface area contributed by atoms with Crippen molar-refractivity contribution in [3.8, 4) is 0 Å². The minimum absolute atomic E-state index is 0.0619. The highest BCUT2D eigenvalue weighted by atomic mass is 16.5. The molecule has 0 amide bonds. The first kappa shape index (κ1) is 10.5. The second-order valence-corrected chi connectivity index (χ2v) is 3.96. The summed E-state index contributed by atoms with van der Waals surface area (Å²) in [5, 5.41) is 18.5. The zero-order valence-corrected chi connectivity index (χ0v) is 7.99. The van der Waals surface area contributed by atoms with Gasteiger partial charge in [0.05, 0.1) is 24.2 Å². The number of carboxylic acid groups (broad SMARTS) is 1. The largest absolute Gasteiger partial charge is 0.481 e. The molecule has 0 spiro atoms. The van der Waals surface area contributed by atoms with Gasteiger partial charge < -0.3 is 14.9 Å². The van der Waals surface area contributed by atoms with Gasteiger partial charge in [0, 0.05) is 12.8 Å². The van der Waals surface area contributed by atoms with E-state index in [-0.39, 0.29) is 18.6 Å². The van der Waals surface area contributed by atoms with Crippen LogP contribution in [0.25, 0.3) is 0 Å². The van der Waals surface area contributed by atoms with Gasteiger partial charge in [0.25, 0.3) is 0 Å². The molecule has 1 aliphatic rings. The highest BCUT2D eigenvalue weighted by Gasteiger charge is 2.38. The molecule has 0 aromatic heterocycles. The van der Waals surface area contributed by atoms with Gasteiger partial charge in [-0.25, -0.2) is 0 Å². The van der Waals surface area contributed by atoms with E-state index in [4.69, 9.17) is 9.84 Å². The van der Waals surface area contributed by atoms with Crippen molar-refractivity contribution in [2.75, 3.05) is 0 Å². The highest BCUT2D eigenvalue weighted by molar-refractivity contribution is 5.68. The number of rotatable bonds is 2. The van der Waals surface area contributed by atoms with Crippen LogP contribution in [0.5, 0.6) is 0 Å². The number of carboxylic acids is 1. The minimum Gasteiger partial charge on any atom is -0.481 e. The summed E-state index contributed by atoms with van der Waals surface area (Å²) >= 11 is 0. The summed E-state index contributed by atoms with van der Waals surface area (Å²) in [5.74, 6) is -0.955. The summed E-state index contributed by atoms with van der Waals surface area (Å²) in [6.07, 6.45) is 0.499. The smallest absolute Gasteiger partial charge is 0.306 e. The summed E-state index contributed by atoms with van der Waals surface area (Å²) in [6, 6.07) is 0. The second kappa shape index (κ2) is 3.64. The van der Waals surface area contributed by atoms with Crippen molar-refractivity contribution in [2.45, 2.75) is 50.9 Å². The summed E-state index contributed by atoms with van der Waals surface area (Å²) in [6.45, 7) is 3.70. The van der Waals surface area contributed by atoms with Crippen LogP contribution in [0.4, 0.5) is 0 Å². The van der Waals surface area contributed by atoms with Crippen LogP contribution in [0.1, 0.15) is 33.1 Å². The maximum atomic E-state index is 10.5. The quantitative estimate of drug-likeness (QED) is 0.672. The maximum Gasteiger partial charge on any atom is 0.306 e. The van der Waals surface area contributed by atoms with Crippen LogP contribution in [-0.2, 0) is 9.53 Å². The van der Waals surface area contributed by atoms with E-state index in [1.807, 2.05) is 13.8 Å². The van der Waals surface area contributed by atoms with Crippen molar-refractivity contribution in [3.63, 3.8) is 0 Å². The molecule has 0 aromatic carbocycles. The van der Waals surface area contributed by atoms with E-state index in [9.17, 15) is 9.90 Å². The molecule has 2 N–H and O–H groups in total. The molecule has 0 aliphatic carbocycles. The SMILES string of the molecule is CC1CC(O)(CC(=O)O)CC(C)O1. The average Bonchev–Trinajstić information content (AvgIpc) is 1.77. The van der Waals surface area contributed by atoms with Crippen molar-refractivity contribution in [3.05, 3.63) is 0 Å². The van der Waals surface area contributed by atoms with E-state index in [0.717, 1.165) is 0 Å². The predicted octanol–water partition coefficient (Wildman–Crippen LogP) is 0.780. The summed E-state index contributed by atoms with van der Waals surface area (Å²) in [4.78, 5) is 10.5. The Morgan fingerprint density at radius 3 is 2.31 bits per heavy atom. The molecule has 1 fully saturated rings. The molecule has 0 bridgehead atoms. The normalized spacial score (nSPS) is 40.2. The lowest BCUT2D eigenvalue weighted by Gasteiger charge is -2.38. The third-order valence-corrected chi connectivity index (χ3v) is 2.28. The zero-order chi connectivity index (χ0) is 10.1. The Hall–Kier alpha value is -0.610. The Morgan fingerprint density at radius 1 is 1.46 bits per heavy atom. The average molecular weight is 188 g/mol. The highest BCUT2D eigenvalue weighted by Crippen LogP contribution is 2.31. The molecule has 0 radical (unpaired) electrons. The number of hydrogen-bond donors (Lipinski definition) is 2. The molecule has 0 aromatic rings. The number of hydrogen-bond acceptors (Lipinski definition) is 3. The molecule has 1 heterocycles. The summed E-state index contributed by atoms with van der Waals surface area (Å²) in [7, 11) is 0. The van der Waals surface area contributed by atoms with E-state index >= 15 is 0 Å². The van der Waals surface area contributed by atoms with Gasteiger partial charge >= 0.3 is 5.97 Å². The molecule has 1 rings (SSSR count). The van der Waals surface area contributed by atoms with E-state index < -0.39 is 11.6 Å². The zero-order valence-electron chi connectivity index (χ0n) is 7.99. The molecule has 0 saturated carbocycles. The first-order valence-electron chi connectivity index (χ1n) is 4.51. The molecule has 76 valence electrons. The molecule has 1 saturated heterocycles. The Balaban J connectivity index is 2.60. The third-order valence-electron chi connectivity index (χ3n) is 2.28. The van der Waals surface area contributed by atoms with Crippen molar-refractivity contribution in [1.82, 2.24) is 0 Å². The van der Waals surface area contributed by atoms with Crippen molar-refractivity contribution < 1.29 is 19.7 Å². The van der Waals surface area contributed by atoms with Gasteiger partial charge in [-0.1, -0.05) is 0 Å². The van der Waals surface area contributed by atoms with E-state index in [1.165, 1.54) is 0 Å². The third kappa shape index (κ3) is 2.97. The van der Waals surface area contributed by atoms with E-state index in [2.05, 4.69) is 0 Å². The summed E-state index contributed by atoms with van der Waals surface area (Å²) < 4.78 is 5.41. The molecular formula is C9H16O4. The van der Waals surface area contributed by atoms with E-state index in [1.54, 1.807) is 0 Å². The van der Waals surface area contributed by atoms with Gasteiger partial charge in [-0.2, -0.15) is 0 Å². The van der Waals surface area contributed by atoms with Gasteiger partial charge in [-0.15, -0.1) is 0 Å². The lowest BCUT2D eigenvalue weighted by molar-refractivity contribution is -0.158.